The molecule has 25 heavy (non-hydrogen) atoms. The third-order valence-corrected chi connectivity index (χ3v) is 4.44. The summed E-state index contributed by atoms with van der Waals surface area (Å²) in [5.41, 5.74) is 2.03. The molecule has 0 radical (unpaired) electrons. The summed E-state index contributed by atoms with van der Waals surface area (Å²) >= 11 is 0. The van der Waals surface area contributed by atoms with E-state index < -0.39 is 24.5 Å². The Morgan fingerprint density at radius 2 is 2.08 bits per heavy atom. The number of nitrogens with one attached hydrogen (secondary N) is 1. The number of carbonyl (C=O) groups excluding carboxylic acids is 3. The van der Waals surface area contributed by atoms with E-state index in [4.69, 9.17) is 4.74 Å². The maximum Gasteiger partial charge on any atom is 0.339 e. The van der Waals surface area contributed by atoms with Crippen LogP contribution in [0.3, 0.4) is 0 Å². The Hall–Kier alpha value is -2.96. The minimum Gasteiger partial charge on any atom is -0.452 e. The number of carbonyl (C=O) groups is 3. The van der Waals surface area contributed by atoms with E-state index in [1.807, 2.05) is 24.3 Å². The summed E-state index contributed by atoms with van der Waals surface area (Å²) in [6.07, 6.45) is 2.14. The molecule has 0 atom stereocenters. The highest BCUT2D eigenvalue weighted by molar-refractivity contribution is 6.04. The van der Waals surface area contributed by atoms with Gasteiger partial charge >= 0.3 is 12.0 Å². The molecule has 1 N–H and O–H groups in total. The third-order valence-electron chi connectivity index (χ3n) is 4.44. The number of benzene rings is 1. The summed E-state index contributed by atoms with van der Waals surface area (Å²) in [5.74, 6) is -0.705. The molecule has 2 heterocycles. The molecular weight excluding hydrogens is 322 g/mol. The number of urea groups is 1. The zero-order valence-corrected chi connectivity index (χ0v) is 13.5. The van der Waals surface area contributed by atoms with Crippen molar-refractivity contribution in [2.45, 2.75) is 18.8 Å². The first-order valence-corrected chi connectivity index (χ1v) is 8.28. The molecule has 1 aromatic carbocycles. The fourth-order valence-electron chi connectivity index (χ4n) is 2.95. The number of nitrogens with zero attached hydrogens (tertiary/aromatic N) is 2. The molecule has 1 aliphatic carbocycles. The van der Waals surface area contributed by atoms with Crippen LogP contribution < -0.4 is 5.32 Å². The Balaban J connectivity index is 1.55. The molecule has 2 fully saturated rings. The Morgan fingerprint density at radius 3 is 2.80 bits per heavy atom. The Labute approximate surface area is 144 Å². The van der Waals surface area contributed by atoms with Gasteiger partial charge in [-0.05, 0) is 25.0 Å². The smallest absolute Gasteiger partial charge is 0.339 e. The lowest BCUT2D eigenvalue weighted by Gasteiger charge is -2.13. The van der Waals surface area contributed by atoms with Gasteiger partial charge in [0.25, 0.3) is 5.91 Å². The number of esters is 1. The predicted octanol–water partition coefficient (Wildman–Crippen LogP) is 1.82. The first-order valence-electron chi connectivity index (χ1n) is 8.28. The number of imide groups is 1. The third kappa shape index (κ3) is 3.05. The highest BCUT2D eigenvalue weighted by Gasteiger charge is 2.29. The SMILES string of the molecule is O=C(OCC(=O)N1CCNC1=O)c1cc(C2CC2)nc2ccccc12. The van der Waals surface area contributed by atoms with Gasteiger partial charge in [-0.25, -0.2) is 9.59 Å². The summed E-state index contributed by atoms with van der Waals surface area (Å²) in [6.45, 7) is 0.249. The van der Waals surface area contributed by atoms with Crippen molar-refractivity contribution in [2.75, 3.05) is 19.7 Å². The van der Waals surface area contributed by atoms with Gasteiger partial charge in [-0.2, -0.15) is 0 Å². The number of para-hydroxylation sites is 1. The predicted molar refractivity (Wildman–Crippen MR) is 89.1 cm³/mol. The van der Waals surface area contributed by atoms with E-state index in [-0.39, 0.29) is 0 Å². The lowest BCUT2D eigenvalue weighted by Crippen LogP contribution is -2.37. The normalized spacial score (nSPS) is 16.8. The van der Waals surface area contributed by atoms with Gasteiger partial charge < -0.3 is 10.1 Å². The zero-order chi connectivity index (χ0) is 17.4. The average molecular weight is 339 g/mol. The van der Waals surface area contributed by atoms with E-state index in [9.17, 15) is 14.4 Å². The summed E-state index contributed by atoms with van der Waals surface area (Å²) in [4.78, 5) is 41.7. The summed E-state index contributed by atoms with van der Waals surface area (Å²) in [5, 5.41) is 3.24. The molecule has 0 unspecified atom stereocenters. The van der Waals surface area contributed by atoms with Crippen LogP contribution in [0.25, 0.3) is 10.9 Å². The second kappa shape index (κ2) is 6.16. The van der Waals surface area contributed by atoms with Crippen molar-refractivity contribution >= 4 is 28.8 Å². The lowest BCUT2D eigenvalue weighted by molar-refractivity contribution is -0.130. The van der Waals surface area contributed by atoms with Crippen LogP contribution in [0.15, 0.2) is 30.3 Å². The van der Waals surface area contributed by atoms with Gasteiger partial charge in [0, 0.05) is 30.1 Å². The summed E-state index contributed by atoms with van der Waals surface area (Å²) in [6, 6.07) is 8.68. The van der Waals surface area contributed by atoms with Crippen molar-refractivity contribution < 1.29 is 19.1 Å². The Bertz CT molecular complexity index is 876. The van der Waals surface area contributed by atoms with Crippen LogP contribution in [0.4, 0.5) is 4.79 Å². The fraction of sp³-hybridized carbons (Fsp3) is 0.333. The number of pyridine rings is 1. The van der Waals surface area contributed by atoms with Crippen LogP contribution >= 0.6 is 0 Å². The van der Waals surface area contributed by atoms with Gasteiger partial charge in [0.1, 0.15) is 0 Å². The van der Waals surface area contributed by atoms with Crippen molar-refractivity contribution in [2.24, 2.45) is 0 Å². The molecule has 4 rings (SSSR count). The number of rotatable bonds is 4. The molecule has 1 saturated carbocycles. The van der Waals surface area contributed by atoms with E-state index in [2.05, 4.69) is 10.3 Å². The number of aromatic nitrogens is 1. The minimum absolute atomic E-state index is 0.291. The number of fused-ring (bicyclic) bond motifs is 1. The average Bonchev–Trinajstić information content (AvgIpc) is 3.39. The largest absolute Gasteiger partial charge is 0.452 e. The van der Waals surface area contributed by atoms with E-state index in [1.54, 1.807) is 6.07 Å². The van der Waals surface area contributed by atoms with E-state index in [0.29, 0.717) is 30.0 Å². The van der Waals surface area contributed by atoms with E-state index in [1.165, 1.54) is 0 Å². The highest BCUT2D eigenvalue weighted by atomic mass is 16.5. The molecule has 7 nitrogen and oxygen atoms in total. The number of ether oxygens (including phenoxy) is 1. The summed E-state index contributed by atoms with van der Waals surface area (Å²) < 4.78 is 5.18. The molecular formula is C18H17N3O4. The molecule has 0 bridgehead atoms. The molecule has 1 aliphatic heterocycles. The molecule has 1 aromatic heterocycles. The quantitative estimate of drug-likeness (QED) is 0.859. The molecule has 7 heteroatoms. The maximum absolute atomic E-state index is 12.5. The maximum atomic E-state index is 12.5. The first-order chi connectivity index (χ1) is 12.1. The van der Waals surface area contributed by atoms with Crippen molar-refractivity contribution in [1.29, 1.82) is 0 Å². The van der Waals surface area contributed by atoms with Crippen LogP contribution in [0.1, 0.15) is 34.8 Å². The molecule has 1 saturated heterocycles. The monoisotopic (exact) mass is 339 g/mol. The minimum atomic E-state index is -0.576. The molecule has 128 valence electrons. The molecule has 0 spiro atoms. The van der Waals surface area contributed by atoms with Gasteiger partial charge in [0.15, 0.2) is 6.61 Å². The van der Waals surface area contributed by atoms with Crippen molar-refractivity contribution in [3.63, 3.8) is 0 Å². The van der Waals surface area contributed by atoms with E-state index in [0.717, 1.165) is 29.0 Å². The van der Waals surface area contributed by atoms with Gasteiger partial charge in [-0.3, -0.25) is 14.7 Å². The second-order valence-electron chi connectivity index (χ2n) is 6.24. The molecule has 2 aromatic rings. The van der Waals surface area contributed by atoms with Crippen LogP contribution in [-0.4, -0.2) is 47.5 Å². The van der Waals surface area contributed by atoms with Crippen molar-refractivity contribution in [1.82, 2.24) is 15.2 Å². The van der Waals surface area contributed by atoms with Crippen LogP contribution in [0.2, 0.25) is 0 Å². The highest BCUT2D eigenvalue weighted by Crippen LogP contribution is 2.40. The molecule has 3 amide bonds. The number of hydrogen-bond donors (Lipinski definition) is 1. The zero-order valence-electron chi connectivity index (χ0n) is 13.5. The number of hydrogen-bond acceptors (Lipinski definition) is 5. The Kier molecular flexibility index (Phi) is 3.83. The van der Waals surface area contributed by atoms with Gasteiger partial charge in [-0.15, -0.1) is 0 Å². The second-order valence-corrected chi connectivity index (χ2v) is 6.24. The Morgan fingerprint density at radius 1 is 1.28 bits per heavy atom. The van der Waals surface area contributed by atoms with E-state index >= 15 is 0 Å². The van der Waals surface area contributed by atoms with Crippen molar-refractivity contribution in [3.8, 4) is 0 Å². The topological polar surface area (TPSA) is 88.6 Å². The summed E-state index contributed by atoms with van der Waals surface area (Å²) in [7, 11) is 0. The standard InChI is InChI=1S/C18H17N3O4/c22-16(21-8-7-19-18(21)24)10-25-17(23)13-9-15(11-5-6-11)20-14-4-2-1-3-12(13)14/h1-4,9,11H,5-8,10H2,(H,19,24). The number of amides is 3. The van der Waals surface area contributed by atoms with Crippen LogP contribution in [0, 0.1) is 0 Å². The van der Waals surface area contributed by atoms with Crippen LogP contribution in [-0.2, 0) is 9.53 Å². The van der Waals surface area contributed by atoms with Crippen molar-refractivity contribution in [3.05, 3.63) is 41.6 Å². The van der Waals surface area contributed by atoms with Gasteiger partial charge in [0.2, 0.25) is 0 Å². The molecule has 2 aliphatic rings. The van der Waals surface area contributed by atoms with Crippen LogP contribution in [0.5, 0.6) is 0 Å². The van der Waals surface area contributed by atoms with Gasteiger partial charge in [-0.1, -0.05) is 18.2 Å². The fourth-order valence-corrected chi connectivity index (χ4v) is 2.95. The lowest BCUT2D eigenvalue weighted by atomic mass is 10.1. The first kappa shape index (κ1) is 15.6. The van der Waals surface area contributed by atoms with Gasteiger partial charge in [0.05, 0.1) is 11.1 Å².